The van der Waals surface area contributed by atoms with Gasteiger partial charge >= 0.3 is 0 Å². The Labute approximate surface area is 122 Å². The molecule has 2 heteroatoms. The van der Waals surface area contributed by atoms with Gasteiger partial charge in [-0.1, -0.05) is 19.9 Å². The second-order valence-corrected chi connectivity index (χ2v) is 6.85. The van der Waals surface area contributed by atoms with Crippen LogP contribution >= 0.6 is 0 Å². The summed E-state index contributed by atoms with van der Waals surface area (Å²) in [6.07, 6.45) is 4.90. The van der Waals surface area contributed by atoms with E-state index in [1.54, 1.807) is 12.1 Å². The highest BCUT2D eigenvalue weighted by Crippen LogP contribution is 2.39. The molecule has 0 spiro atoms. The summed E-state index contributed by atoms with van der Waals surface area (Å²) >= 11 is 0. The third kappa shape index (κ3) is 3.60. The average Bonchev–Trinajstić information content (AvgIpc) is 2.41. The minimum absolute atomic E-state index is 0.134. The standard InChI is InChI=1S/C18H28FN/c1-12(2)14-4-5-16(11-20)17(9-14)10-15-6-7-18(19)8-13(15)3/h6-8,12,14,16-17H,4-5,9-11,20H2,1-3H3. The number of rotatable bonds is 4. The minimum Gasteiger partial charge on any atom is -0.330 e. The Kier molecular flexibility index (Phi) is 5.20. The van der Waals surface area contributed by atoms with Crippen LogP contribution in [-0.4, -0.2) is 6.54 Å². The first-order valence-corrected chi connectivity index (χ1v) is 7.96. The van der Waals surface area contributed by atoms with Gasteiger partial charge in [0.25, 0.3) is 0 Å². The maximum Gasteiger partial charge on any atom is 0.123 e. The molecule has 0 radical (unpaired) electrons. The molecule has 0 bridgehead atoms. The van der Waals surface area contributed by atoms with Crippen molar-refractivity contribution in [2.45, 2.75) is 46.5 Å². The van der Waals surface area contributed by atoms with Crippen molar-refractivity contribution in [3.63, 3.8) is 0 Å². The van der Waals surface area contributed by atoms with Gasteiger partial charge in [-0.3, -0.25) is 0 Å². The van der Waals surface area contributed by atoms with Gasteiger partial charge in [-0.05, 0) is 86.1 Å². The van der Waals surface area contributed by atoms with E-state index in [2.05, 4.69) is 13.8 Å². The molecule has 1 aromatic carbocycles. The van der Waals surface area contributed by atoms with Crippen LogP contribution in [0.25, 0.3) is 0 Å². The van der Waals surface area contributed by atoms with Crippen molar-refractivity contribution in [3.05, 3.63) is 35.1 Å². The number of hydrogen-bond acceptors (Lipinski definition) is 1. The van der Waals surface area contributed by atoms with Gasteiger partial charge in [-0.2, -0.15) is 0 Å². The molecule has 0 saturated heterocycles. The van der Waals surface area contributed by atoms with Crippen molar-refractivity contribution in [3.8, 4) is 0 Å². The fourth-order valence-electron chi connectivity index (χ4n) is 3.70. The summed E-state index contributed by atoms with van der Waals surface area (Å²) in [6, 6.07) is 5.19. The van der Waals surface area contributed by atoms with Crippen molar-refractivity contribution < 1.29 is 4.39 Å². The largest absolute Gasteiger partial charge is 0.330 e. The lowest BCUT2D eigenvalue weighted by molar-refractivity contribution is 0.151. The molecule has 0 amide bonds. The molecule has 0 aromatic heterocycles. The van der Waals surface area contributed by atoms with Gasteiger partial charge in [0.05, 0.1) is 0 Å². The van der Waals surface area contributed by atoms with E-state index in [-0.39, 0.29) is 5.82 Å². The summed E-state index contributed by atoms with van der Waals surface area (Å²) in [7, 11) is 0. The smallest absolute Gasteiger partial charge is 0.123 e. The van der Waals surface area contributed by atoms with E-state index in [0.29, 0.717) is 11.8 Å². The summed E-state index contributed by atoms with van der Waals surface area (Å²) in [5.74, 6) is 2.74. The Hall–Kier alpha value is -0.890. The van der Waals surface area contributed by atoms with E-state index < -0.39 is 0 Å². The van der Waals surface area contributed by atoms with E-state index in [1.165, 1.54) is 24.8 Å². The Bertz CT molecular complexity index is 441. The summed E-state index contributed by atoms with van der Waals surface area (Å²) in [6.45, 7) is 7.45. The quantitative estimate of drug-likeness (QED) is 0.871. The van der Waals surface area contributed by atoms with Crippen LogP contribution < -0.4 is 5.73 Å². The maximum atomic E-state index is 13.2. The highest BCUT2D eigenvalue weighted by molar-refractivity contribution is 5.27. The first-order valence-electron chi connectivity index (χ1n) is 7.96. The Morgan fingerprint density at radius 2 is 2.00 bits per heavy atom. The van der Waals surface area contributed by atoms with Gasteiger partial charge in [0.1, 0.15) is 5.82 Å². The molecule has 1 nitrogen and oxygen atoms in total. The lowest BCUT2D eigenvalue weighted by atomic mass is 9.68. The Balaban J connectivity index is 2.11. The van der Waals surface area contributed by atoms with Gasteiger partial charge < -0.3 is 5.73 Å². The van der Waals surface area contributed by atoms with Gasteiger partial charge in [-0.15, -0.1) is 0 Å². The summed E-state index contributed by atoms with van der Waals surface area (Å²) < 4.78 is 13.2. The number of aryl methyl sites for hydroxylation is 1. The van der Waals surface area contributed by atoms with Gasteiger partial charge in [-0.25, -0.2) is 4.39 Å². The molecular formula is C18H28FN. The molecule has 1 aliphatic carbocycles. The van der Waals surface area contributed by atoms with Gasteiger partial charge in [0.15, 0.2) is 0 Å². The summed E-state index contributed by atoms with van der Waals surface area (Å²) in [5.41, 5.74) is 8.34. The predicted molar refractivity (Wildman–Crippen MR) is 83.1 cm³/mol. The van der Waals surface area contributed by atoms with Crippen LogP contribution in [0.5, 0.6) is 0 Å². The molecule has 1 fully saturated rings. The minimum atomic E-state index is -0.134. The molecule has 20 heavy (non-hydrogen) atoms. The van der Waals surface area contributed by atoms with E-state index in [0.717, 1.165) is 30.4 Å². The number of nitrogens with two attached hydrogens (primary N) is 1. The van der Waals surface area contributed by atoms with Crippen LogP contribution in [0.15, 0.2) is 18.2 Å². The van der Waals surface area contributed by atoms with E-state index >= 15 is 0 Å². The molecule has 3 unspecified atom stereocenters. The van der Waals surface area contributed by atoms with Crippen molar-refractivity contribution in [1.29, 1.82) is 0 Å². The van der Waals surface area contributed by atoms with Crippen molar-refractivity contribution in [2.75, 3.05) is 6.54 Å². The molecule has 112 valence electrons. The highest BCUT2D eigenvalue weighted by Gasteiger charge is 2.31. The number of hydrogen-bond donors (Lipinski definition) is 1. The zero-order chi connectivity index (χ0) is 14.7. The molecule has 1 aromatic rings. The highest BCUT2D eigenvalue weighted by atomic mass is 19.1. The normalized spacial score (nSPS) is 27.0. The van der Waals surface area contributed by atoms with Crippen LogP contribution in [0.4, 0.5) is 4.39 Å². The van der Waals surface area contributed by atoms with Crippen molar-refractivity contribution in [1.82, 2.24) is 0 Å². The first kappa shape index (κ1) is 15.5. The van der Waals surface area contributed by atoms with Gasteiger partial charge in [0, 0.05) is 0 Å². The lowest BCUT2D eigenvalue weighted by Crippen LogP contribution is -2.33. The molecule has 3 atom stereocenters. The zero-order valence-electron chi connectivity index (χ0n) is 13.0. The predicted octanol–water partition coefficient (Wildman–Crippen LogP) is 4.32. The monoisotopic (exact) mass is 277 g/mol. The van der Waals surface area contributed by atoms with Crippen molar-refractivity contribution >= 4 is 0 Å². The average molecular weight is 277 g/mol. The topological polar surface area (TPSA) is 26.0 Å². The van der Waals surface area contributed by atoms with E-state index in [4.69, 9.17) is 5.73 Å². The molecule has 1 saturated carbocycles. The molecular weight excluding hydrogens is 249 g/mol. The first-order chi connectivity index (χ1) is 9.51. The number of halogens is 1. The van der Waals surface area contributed by atoms with E-state index in [1.807, 2.05) is 13.0 Å². The molecule has 1 aliphatic rings. The molecule has 2 N–H and O–H groups in total. The van der Waals surface area contributed by atoms with Crippen LogP contribution in [0.3, 0.4) is 0 Å². The van der Waals surface area contributed by atoms with Crippen LogP contribution in [0, 0.1) is 36.4 Å². The SMILES string of the molecule is Cc1cc(F)ccc1CC1CC(C(C)C)CCC1CN. The third-order valence-electron chi connectivity index (χ3n) is 5.21. The Morgan fingerprint density at radius 3 is 2.60 bits per heavy atom. The fourth-order valence-corrected chi connectivity index (χ4v) is 3.70. The van der Waals surface area contributed by atoms with E-state index in [9.17, 15) is 4.39 Å². The second-order valence-electron chi connectivity index (χ2n) is 6.85. The summed E-state index contributed by atoms with van der Waals surface area (Å²) in [5, 5.41) is 0. The molecule has 0 heterocycles. The summed E-state index contributed by atoms with van der Waals surface area (Å²) in [4.78, 5) is 0. The lowest BCUT2D eigenvalue weighted by Gasteiger charge is -2.37. The van der Waals surface area contributed by atoms with Crippen LogP contribution in [0.2, 0.25) is 0 Å². The van der Waals surface area contributed by atoms with Crippen molar-refractivity contribution in [2.24, 2.45) is 29.4 Å². The van der Waals surface area contributed by atoms with Gasteiger partial charge in [0.2, 0.25) is 0 Å². The second kappa shape index (κ2) is 6.71. The molecule has 0 aliphatic heterocycles. The maximum absolute atomic E-state index is 13.2. The third-order valence-corrected chi connectivity index (χ3v) is 5.21. The molecule has 2 rings (SSSR count). The van der Waals surface area contributed by atoms with Crippen LogP contribution in [-0.2, 0) is 6.42 Å². The number of benzene rings is 1. The fraction of sp³-hybridized carbons (Fsp3) is 0.667. The van der Waals surface area contributed by atoms with Crippen LogP contribution in [0.1, 0.15) is 44.2 Å². The Morgan fingerprint density at radius 1 is 1.25 bits per heavy atom. The zero-order valence-corrected chi connectivity index (χ0v) is 13.0.